The summed E-state index contributed by atoms with van der Waals surface area (Å²) in [7, 11) is 0. The molecule has 0 radical (unpaired) electrons. The molecular formula is C29H40F2N4O4. The zero-order chi connectivity index (χ0) is 27.4. The van der Waals surface area contributed by atoms with Crippen LogP contribution in [0.3, 0.4) is 0 Å². The standard InChI is InChI=1S/C29H40F2N4O4/c1-20-3-2-13-32-27(20)39-23-6-4-21(5-7-23)9-16-35-25-8-12-29(30,31)19-24(25)26(33-35)28(37)34-14-10-22(11-15-34)38-18-17-36/h2-3,13,21-23,36H,4-12,14-19H2,1H3. The molecule has 3 heterocycles. The quantitative estimate of drug-likeness (QED) is 0.503. The van der Waals surface area contributed by atoms with Crippen molar-refractivity contribution < 1.29 is 28.2 Å². The lowest BCUT2D eigenvalue weighted by molar-refractivity contribution is -0.0133. The fourth-order valence-corrected chi connectivity index (χ4v) is 6.20. The lowest BCUT2D eigenvalue weighted by atomic mass is 9.85. The number of alkyl halides is 2. The zero-order valence-electron chi connectivity index (χ0n) is 22.8. The molecule has 0 atom stereocenters. The molecule has 2 aromatic rings. The highest BCUT2D eigenvalue weighted by Gasteiger charge is 2.40. The Labute approximate surface area is 228 Å². The maximum Gasteiger partial charge on any atom is 0.274 e. The summed E-state index contributed by atoms with van der Waals surface area (Å²) in [5.74, 6) is -1.85. The first kappa shape index (κ1) is 28.0. The van der Waals surface area contributed by atoms with Gasteiger partial charge in [-0.2, -0.15) is 5.10 Å². The average Bonchev–Trinajstić information content (AvgIpc) is 3.29. The number of aliphatic hydroxyl groups excluding tert-OH is 1. The van der Waals surface area contributed by atoms with E-state index in [0.717, 1.165) is 43.4 Å². The van der Waals surface area contributed by atoms with Crippen LogP contribution in [0.1, 0.15) is 78.7 Å². The van der Waals surface area contributed by atoms with E-state index in [1.807, 2.05) is 23.7 Å². The molecule has 1 saturated carbocycles. The Morgan fingerprint density at radius 3 is 2.64 bits per heavy atom. The van der Waals surface area contributed by atoms with Gasteiger partial charge in [0.2, 0.25) is 5.88 Å². The molecule has 214 valence electrons. The maximum absolute atomic E-state index is 14.4. The normalized spacial score (nSPS) is 23.4. The van der Waals surface area contributed by atoms with E-state index in [2.05, 4.69) is 10.1 Å². The van der Waals surface area contributed by atoms with Gasteiger partial charge in [-0.3, -0.25) is 9.48 Å². The molecular weight excluding hydrogens is 506 g/mol. The number of rotatable bonds is 9. The van der Waals surface area contributed by atoms with Gasteiger partial charge in [-0.25, -0.2) is 13.8 Å². The van der Waals surface area contributed by atoms with E-state index in [9.17, 15) is 13.6 Å². The van der Waals surface area contributed by atoms with Crippen LogP contribution >= 0.6 is 0 Å². The van der Waals surface area contributed by atoms with Gasteiger partial charge >= 0.3 is 0 Å². The van der Waals surface area contributed by atoms with Gasteiger partial charge in [0.15, 0.2) is 5.69 Å². The Kier molecular flexibility index (Phi) is 8.81. The monoisotopic (exact) mass is 546 g/mol. The third-order valence-electron chi connectivity index (χ3n) is 8.49. The van der Waals surface area contributed by atoms with Crippen LogP contribution in [0.15, 0.2) is 18.3 Å². The SMILES string of the molecule is Cc1cccnc1OC1CCC(CCn2nc(C(=O)N3CCC(OCCO)CC3)c3c2CCC(F)(F)C3)CC1. The van der Waals surface area contributed by atoms with Crippen LogP contribution in [0.4, 0.5) is 8.78 Å². The Bertz CT molecular complexity index is 1120. The molecule has 1 amide bonds. The van der Waals surface area contributed by atoms with Crippen LogP contribution in [0.5, 0.6) is 5.88 Å². The van der Waals surface area contributed by atoms with E-state index in [4.69, 9.17) is 14.6 Å². The first-order chi connectivity index (χ1) is 18.8. The van der Waals surface area contributed by atoms with Crippen molar-refractivity contribution >= 4 is 5.91 Å². The van der Waals surface area contributed by atoms with Crippen molar-refractivity contribution in [2.24, 2.45) is 5.92 Å². The molecule has 1 N–H and O–H groups in total. The predicted octanol–water partition coefficient (Wildman–Crippen LogP) is 4.35. The van der Waals surface area contributed by atoms with Gasteiger partial charge in [-0.05, 0) is 70.3 Å². The van der Waals surface area contributed by atoms with Crippen LogP contribution in [0.25, 0.3) is 0 Å². The van der Waals surface area contributed by atoms with Gasteiger partial charge in [0.25, 0.3) is 11.8 Å². The maximum atomic E-state index is 14.4. The Balaban J connectivity index is 1.20. The molecule has 3 aliphatic rings. The molecule has 5 rings (SSSR count). The number of halogens is 2. The van der Waals surface area contributed by atoms with E-state index in [1.165, 1.54) is 0 Å². The second-order valence-corrected chi connectivity index (χ2v) is 11.3. The number of amides is 1. The minimum absolute atomic E-state index is 0.00507. The number of aryl methyl sites for hydroxylation is 2. The van der Waals surface area contributed by atoms with Crippen LogP contribution in [0.2, 0.25) is 0 Å². The number of piperidine rings is 1. The van der Waals surface area contributed by atoms with Crippen molar-refractivity contribution in [3.63, 3.8) is 0 Å². The molecule has 0 aromatic carbocycles. The van der Waals surface area contributed by atoms with Crippen molar-refractivity contribution in [2.45, 2.75) is 95.8 Å². The molecule has 2 aliphatic carbocycles. The number of nitrogens with zero attached hydrogens (tertiary/aromatic N) is 4. The number of carbonyl (C=O) groups is 1. The highest BCUT2D eigenvalue weighted by Crippen LogP contribution is 2.36. The van der Waals surface area contributed by atoms with E-state index in [0.29, 0.717) is 49.8 Å². The van der Waals surface area contributed by atoms with Gasteiger partial charge < -0.3 is 19.5 Å². The van der Waals surface area contributed by atoms with Crippen molar-refractivity contribution in [2.75, 3.05) is 26.3 Å². The number of pyridine rings is 1. The minimum atomic E-state index is -2.81. The number of aliphatic hydroxyl groups is 1. The predicted molar refractivity (Wildman–Crippen MR) is 141 cm³/mol. The number of hydrogen-bond donors (Lipinski definition) is 1. The molecule has 1 aliphatic heterocycles. The van der Waals surface area contributed by atoms with E-state index in [-0.39, 0.29) is 49.9 Å². The van der Waals surface area contributed by atoms with Crippen molar-refractivity contribution in [3.8, 4) is 5.88 Å². The summed E-state index contributed by atoms with van der Waals surface area (Å²) in [5, 5.41) is 13.6. The summed E-state index contributed by atoms with van der Waals surface area (Å²) in [4.78, 5) is 19.5. The van der Waals surface area contributed by atoms with Crippen molar-refractivity contribution in [3.05, 3.63) is 40.8 Å². The fourth-order valence-electron chi connectivity index (χ4n) is 6.20. The van der Waals surface area contributed by atoms with E-state index in [1.54, 1.807) is 11.1 Å². The Morgan fingerprint density at radius 2 is 1.92 bits per heavy atom. The molecule has 2 aromatic heterocycles. The summed E-state index contributed by atoms with van der Waals surface area (Å²) in [6.07, 6.45) is 7.77. The van der Waals surface area contributed by atoms with Crippen LogP contribution in [-0.2, 0) is 24.1 Å². The first-order valence-corrected chi connectivity index (χ1v) is 14.4. The van der Waals surface area contributed by atoms with Crippen LogP contribution in [-0.4, -0.2) is 75.1 Å². The highest BCUT2D eigenvalue weighted by atomic mass is 19.3. The fraction of sp³-hybridized carbons (Fsp3) is 0.690. The summed E-state index contributed by atoms with van der Waals surface area (Å²) < 4.78 is 42.4. The van der Waals surface area contributed by atoms with Crippen molar-refractivity contribution in [1.29, 1.82) is 0 Å². The van der Waals surface area contributed by atoms with E-state index >= 15 is 0 Å². The zero-order valence-corrected chi connectivity index (χ0v) is 22.8. The Hall–Kier alpha value is -2.59. The number of likely N-dealkylation sites (tertiary alicyclic amines) is 1. The average molecular weight is 547 g/mol. The summed E-state index contributed by atoms with van der Waals surface area (Å²) >= 11 is 0. The number of fused-ring (bicyclic) bond motifs is 1. The number of ether oxygens (including phenoxy) is 2. The Morgan fingerprint density at radius 1 is 1.15 bits per heavy atom. The lowest BCUT2D eigenvalue weighted by Crippen LogP contribution is -2.41. The molecule has 0 spiro atoms. The van der Waals surface area contributed by atoms with Gasteiger partial charge in [-0.15, -0.1) is 0 Å². The van der Waals surface area contributed by atoms with E-state index < -0.39 is 12.3 Å². The molecule has 8 nitrogen and oxygen atoms in total. The molecule has 0 bridgehead atoms. The van der Waals surface area contributed by atoms with Crippen LogP contribution < -0.4 is 4.74 Å². The smallest absolute Gasteiger partial charge is 0.274 e. The highest BCUT2D eigenvalue weighted by molar-refractivity contribution is 5.94. The number of carbonyl (C=O) groups excluding carboxylic acids is 1. The second-order valence-electron chi connectivity index (χ2n) is 11.3. The van der Waals surface area contributed by atoms with Gasteiger partial charge in [0, 0.05) is 55.5 Å². The lowest BCUT2D eigenvalue weighted by Gasteiger charge is -2.32. The molecule has 1 saturated heterocycles. The van der Waals surface area contributed by atoms with Gasteiger partial charge in [0.05, 0.1) is 19.3 Å². The molecule has 0 unspecified atom stereocenters. The summed E-state index contributed by atoms with van der Waals surface area (Å²) in [5.41, 5.74) is 2.46. The minimum Gasteiger partial charge on any atom is -0.474 e. The topological polar surface area (TPSA) is 89.7 Å². The molecule has 10 heteroatoms. The molecule has 2 fully saturated rings. The van der Waals surface area contributed by atoms with Crippen LogP contribution in [0, 0.1) is 12.8 Å². The largest absolute Gasteiger partial charge is 0.474 e. The second kappa shape index (κ2) is 12.3. The van der Waals surface area contributed by atoms with Gasteiger partial charge in [-0.1, -0.05) is 6.07 Å². The van der Waals surface area contributed by atoms with Crippen molar-refractivity contribution in [1.82, 2.24) is 19.7 Å². The molecule has 39 heavy (non-hydrogen) atoms. The number of aromatic nitrogens is 3. The third-order valence-corrected chi connectivity index (χ3v) is 8.49. The first-order valence-electron chi connectivity index (χ1n) is 14.4. The summed E-state index contributed by atoms with van der Waals surface area (Å²) in [6, 6.07) is 3.91. The summed E-state index contributed by atoms with van der Waals surface area (Å²) in [6.45, 7) is 3.88. The number of hydrogen-bond acceptors (Lipinski definition) is 6. The third kappa shape index (κ3) is 6.77. The van der Waals surface area contributed by atoms with Gasteiger partial charge in [0.1, 0.15) is 6.10 Å².